The maximum absolute atomic E-state index is 13.6. The molecule has 0 bridgehead atoms. The van der Waals surface area contributed by atoms with Crippen molar-refractivity contribution in [2.45, 2.75) is 13.8 Å². The van der Waals surface area contributed by atoms with Crippen LogP contribution in [0.1, 0.15) is 12.5 Å². The number of hydrazine groups is 1. The molecule has 0 heterocycles. The van der Waals surface area contributed by atoms with Gasteiger partial charge in [0.15, 0.2) is 17.4 Å². The fraction of sp³-hybridized carbons (Fsp3) is 0.143. The summed E-state index contributed by atoms with van der Waals surface area (Å²) in [5.74, 6) is 4.12. The van der Waals surface area contributed by atoms with Crippen LogP contribution in [0.4, 0.5) is 14.5 Å². The Balaban J connectivity index is 3.12. The summed E-state index contributed by atoms with van der Waals surface area (Å²) in [6.45, 7) is 6.79. The minimum absolute atomic E-state index is 0.0784. The first kappa shape index (κ1) is 14.9. The van der Waals surface area contributed by atoms with Crippen molar-refractivity contribution in [3.05, 3.63) is 59.9 Å². The third-order valence-corrected chi connectivity index (χ3v) is 2.37. The van der Waals surface area contributed by atoms with E-state index in [2.05, 4.69) is 12.0 Å². The molecule has 0 aliphatic carbocycles. The van der Waals surface area contributed by atoms with E-state index >= 15 is 0 Å². The topological polar surface area (TPSA) is 47.3 Å². The molecule has 0 aliphatic rings. The number of nitrogens with two attached hydrogens (primary N) is 1. The van der Waals surface area contributed by atoms with Crippen LogP contribution in [-0.2, 0) is 0 Å². The molecule has 0 radical (unpaired) electrons. The minimum atomic E-state index is -0.586. The lowest BCUT2D eigenvalue weighted by molar-refractivity contribution is 0.416. The zero-order valence-corrected chi connectivity index (χ0v) is 10.8. The van der Waals surface area contributed by atoms with Crippen molar-refractivity contribution in [1.82, 2.24) is 0 Å². The zero-order valence-electron chi connectivity index (χ0n) is 10.8. The van der Waals surface area contributed by atoms with Gasteiger partial charge in [-0.25, -0.2) is 8.78 Å². The Bertz CT molecular complexity index is 513. The molecule has 3 nitrogen and oxygen atoms in total. The Morgan fingerprint density at radius 2 is 2.16 bits per heavy atom. The molecular formula is C14H16F2N2O. The molecule has 0 saturated carbocycles. The molecular weight excluding hydrogens is 250 g/mol. The van der Waals surface area contributed by atoms with Crippen molar-refractivity contribution < 1.29 is 13.5 Å². The first-order valence-electron chi connectivity index (χ1n) is 5.63. The third kappa shape index (κ3) is 3.66. The number of aryl methyl sites for hydroxylation is 1. The van der Waals surface area contributed by atoms with E-state index < -0.39 is 11.6 Å². The summed E-state index contributed by atoms with van der Waals surface area (Å²) < 4.78 is 32.5. The number of nitrogens with one attached hydrogen (secondary N) is 1. The Labute approximate surface area is 111 Å². The molecule has 1 aromatic rings. The molecule has 0 unspecified atom stereocenters. The van der Waals surface area contributed by atoms with Gasteiger partial charge in [-0.3, -0.25) is 5.84 Å². The van der Waals surface area contributed by atoms with Gasteiger partial charge in [-0.05, 0) is 37.6 Å². The van der Waals surface area contributed by atoms with Gasteiger partial charge in [-0.2, -0.15) is 0 Å². The molecule has 0 spiro atoms. The highest BCUT2D eigenvalue weighted by Crippen LogP contribution is 2.27. The van der Waals surface area contributed by atoms with Gasteiger partial charge in [-0.15, -0.1) is 0 Å². The molecule has 0 fully saturated rings. The monoisotopic (exact) mass is 266 g/mol. The van der Waals surface area contributed by atoms with Crippen molar-refractivity contribution in [3.8, 4) is 5.75 Å². The van der Waals surface area contributed by atoms with Gasteiger partial charge < -0.3 is 10.2 Å². The van der Waals surface area contributed by atoms with Gasteiger partial charge in [0.05, 0.1) is 5.69 Å². The number of hydrogen-bond donors (Lipinski definition) is 2. The van der Waals surface area contributed by atoms with Crippen LogP contribution in [0.2, 0.25) is 0 Å². The number of halogens is 2. The first-order valence-corrected chi connectivity index (χ1v) is 5.63. The van der Waals surface area contributed by atoms with Crippen molar-refractivity contribution in [3.63, 3.8) is 0 Å². The van der Waals surface area contributed by atoms with Crippen molar-refractivity contribution in [2.75, 3.05) is 5.43 Å². The summed E-state index contributed by atoms with van der Waals surface area (Å²) in [4.78, 5) is 0. The Morgan fingerprint density at radius 1 is 1.47 bits per heavy atom. The molecule has 0 atom stereocenters. The smallest absolute Gasteiger partial charge is 0.165 e. The molecule has 0 aliphatic heterocycles. The number of nitrogen functional groups attached to an aromatic ring is 1. The number of rotatable bonds is 5. The maximum Gasteiger partial charge on any atom is 0.165 e. The van der Waals surface area contributed by atoms with E-state index in [0.717, 1.165) is 6.07 Å². The van der Waals surface area contributed by atoms with Gasteiger partial charge >= 0.3 is 0 Å². The molecule has 102 valence electrons. The van der Waals surface area contributed by atoms with Crippen molar-refractivity contribution in [2.24, 2.45) is 5.84 Å². The molecule has 3 N–H and O–H groups in total. The van der Waals surface area contributed by atoms with Crippen molar-refractivity contribution >= 4 is 5.69 Å². The third-order valence-electron chi connectivity index (χ3n) is 2.37. The average Bonchev–Trinajstić information content (AvgIpc) is 2.35. The molecule has 19 heavy (non-hydrogen) atoms. The number of hydrogen-bond acceptors (Lipinski definition) is 3. The molecule has 0 aromatic heterocycles. The Kier molecular flexibility index (Phi) is 5.26. The lowest BCUT2D eigenvalue weighted by atomic mass is 10.2. The molecule has 1 rings (SSSR count). The van der Waals surface area contributed by atoms with Crippen LogP contribution < -0.4 is 16.0 Å². The van der Waals surface area contributed by atoms with Gasteiger partial charge in [-0.1, -0.05) is 12.7 Å². The van der Waals surface area contributed by atoms with Crippen LogP contribution in [0.5, 0.6) is 5.75 Å². The van der Waals surface area contributed by atoms with Gasteiger partial charge in [0.25, 0.3) is 0 Å². The van der Waals surface area contributed by atoms with E-state index in [1.165, 1.54) is 18.2 Å². The highest BCUT2D eigenvalue weighted by molar-refractivity contribution is 5.54. The summed E-state index contributed by atoms with van der Waals surface area (Å²) in [6.07, 6.45) is 3.98. The van der Waals surface area contributed by atoms with E-state index in [1.807, 2.05) is 0 Å². The fourth-order valence-electron chi connectivity index (χ4n) is 1.50. The summed E-state index contributed by atoms with van der Waals surface area (Å²) in [5.41, 5.74) is 2.97. The van der Waals surface area contributed by atoms with E-state index in [1.54, 1.807) is 19.9 Å². The second-order valence-electron chi connectivity index (χ2n) is 3.76. The Morgan fingerprint density at radius 3 is 2.63 bits per heavy atom. The van der Waals surface area contributed by atoms with Gasteiger partial charge in [0.1, 0.15) is 5.75 Å². The summed E-state index contributed by atoms with van der Waals surface area (Å²) in [7, 11) is 0. The lowest BCUT2D eigenvalue weighted by Crippen LogP contribution is -2.10. The van der Waals surface area contributed by atoms with E-state index in [-0.39, 0.29) is 17.2 Å². The number of ether oxygens (including phenoxy) is 1. The van der Waals surface area contributed by atoms with Gasteiger partial charge in [0, 0.05) is 6.07 Å². The highest BCUT2D eigenvalue weighted by atomic mass is 19.1. The standard InChI is InChI=1S/C14H16F2N2O/c1-4-6-11(15)13(5-2)19-10-7-9(3)14(18-17)12(16)8-10/h4-8,18H,2,17H2,1,3H3/b6-4-,13-11-. The van der Waals surface area contributed by atoms with Crippen LogP contribution in [-0.4, -0.2) is 0 Å². The second-order valence-corrected chi connectivity index (χ2v) is 3.76. The van der Waals surface area contributed by atoms with E-state index in [9.17, 15) is 8.78 Å². The molecule has 0 amide bonds. The van der Waals surface area contributed by atoms with Crippen molar-refractivity contribution in [1.29, 1.82) is 0 Å². The normalized spacial score (nSPS) is 12.3. The Hall–Kier alpha value is -2.14. The number of benzene rings is 1. The van der Waals surface area contributed by atoms with E-state index in [4.69, 9.17) is 10.6 Å². The van der Waals surface area contributed by atoms with Crippen LogP contribution >= 0.6 is 0 Å². The summed E-state index contributed by atoms with van der Waals surface area (Å²) in [5, 5.41) is 0. The van der Waals surface area contributed by atoms with Gasteiger partial charge in [0.2, 0.25) is 0 Å². The minimum Gasteiger partial charge on any atom is -0.454 e. The SMILES string of the molecule is C=C/C(Oc1cc(C)c(NN)c(F)c1)=C(F)\C=C/C. The lowest BCUT2D eigenvalue weighted by Gasteiger charge is -2.11. The molecule has 1 aromatic carbocycles. The zero-order chi connectivity index (χ0) is 14.4. The first-order chi connectivity index (χ1) is 9.03. The quantitative estimate of drug-likeness (QED) is 0.369. The van der Waals surface area contributed by atoms with E-state index in [0.29, 0.717) is 5.56 Å². The predicted molar refractivity (Wildman–Crippen MR) is 72.7 cm³/mol. The summed E-state index contributed by atoms with van der Waals surface area (Å²) in [6, 6.07) is 2.67. The predicted octanol–water partition coefficient (Wildman–Crippen LogP) is 3.74. The van der Waals surface area contributed by atoms with Crippen LogP contribution in [0.3, 0.4) is 0 Å². The van der Waals surface area contributed by atoms with Crippen LogP contribution in [0.25, 0.3) is 0 Å². The largest absolute Gasteiger partial charge is 0.454 e. The molecule has 5 heteroatoms. The summed E-state index contributed by atoms with van der Waals surface area (Å²) >= 11 is 0. The fourth-order valence-corrected chi connectivity index (χ4v) is 1.50. The number of anilines is 1. The molecule has 0 saturated heterocycles. The highest BCUT2D eigenvalue weighted by Gasteiger charge is 2.10. The number of allylic oxidation sites excluding steroid dienone is 4. The van der Waals surface area contributed by atoms with Crippen LogP contribution in [0.15, 0.2) is 48.5 Å². The maximum atomic E-state index is 13.6. The average molecular weight is 266 g/mol. The van der Waals surface area contributed by atoms with Crippen LogP contribution in [0, 0.1) is 12.7 Å². The second kappa shape index (κ2) is 6.70.